The number of ether oxygens (including phenoxy) is 1. The molecule has 0 bridgehead atoms. The molecule has 2 rings (SSSR count). The quantitative estimate of drug-likeness (QED) is 0.873. The highest BCUT2D eigenvalue weighted by atomic mass is 79.9. The molecule has 0 radical (unpaired) electrons. The maximum absolute atomic E-state index is 12.5. The predicted octanol–water partition coefficient (Wildman–Crippen LogP) is 3.11. The van der Waals surface area contributed by atoms with Gasteiger partial charge in [-0.3, -0.25) is 4.79 Å². The van der Waals surface area contributed by atoms with Gasteiger partial charge in [0.05, 0.1) is 11.7 Å². The van der Waals surface area contributed by atoms with Crippen LogP contribution in [-0.4, -0.2) is 30.6 Å². The molecule has 2 unspecified atom stereocenters. The van der Waals surface area contributed by atoms with Crippen molar-refractivity contribution in [1.29, 1.82) is 0 Å². The second-order valence-corrected chi connectivity index (χ2v) is 6.69. The molecule has 1 aliphatic rings. The van der Waals surface area contributed by atoms with Crippen molar-refractivity contribution in [1.82, 2.24) is 10.6 Å². The van der Waals surface area contributed by atoms with Crippen LogP contribution >= 0.6 is 15.9 Å². The van der Waals surface area contributed by atoms with Gasteiger partial charge in [-0.05, 0) is 58.4 Å². The number of carbonyl (C=O) groups is 1. The third-order valence-corrected chi connectivity index (χ3v) is 4.12. The summed E-state index contributed by atoms with van der Waals surface area (Å²) in [6, 6.07) is 5.98. The van der Waals surface area contributed by atoms with Crippen LogP contribution in [0.5, 0.6) is 5.75 Å². The van der Waals surface area contributed by atoms with Crippen molar-refractivity contribution < 1.29 is 9.53 Å². The maximum Gasteiger partial charge on any atom is 0.255 e. The minimum absolute atomic E-state index is 0.0288. The normalized spacial score (nSPS) is 22.1. The van der Waals surface area contributed by atoms with Gasteiger partial charge >= 0.3 is 0 Å². The van der Waals surface area contributed by atoms with Crippen molar-refractivity contribution in [3.05, 3.63) is 28.2 Å². The van der Waals surface area contributed by atoms with E-state index in [0.29, 0.717) is 17.4 Å². The van der Waals surface area contributed by atoms with E-state index in [-0.39, 0.29) is 18.1 Å². The van der Waals surface area contributed by atoms with Crippen molar-refractivity contribution in [2.24, 2.45) is 0 Å². The van der Waals surface area contributed by atoms with E-state index in [4.69, 9.17) is 4.74 Å². The van der Waals surface area contributed by atoms with Crippen molar-refractivity contribution in [2.75, 3.05) is 6.54 Å². The molecule has 0 saturated carbocycles. The van der Waals surface area contributed by atoms with Gasteiger partial charge in [-0.2, -0.15) is 0 Å². The lowest BCUT2D eigenvalue weighted by molar-refractivity contribution is 0.0914. The Balaban J connectivity index is 2.14. The Labute approximate surface area is 134 Å². The Bertz CT molecular complexity index is 505. The highest BCUT2D eigenvalue weighted by Gasteiger charge is 2.24. The second kappa shape index (κ2) is 7.27. The van der Waals surface area contributed by atoms with Crippen molar-refractivity contribution in [3.63, 3.8) is 0 Å². The van der Waals surface area contributed by atoms with Gasteiger partial charge in [0.25, 0.3) is 5.91 Å². The number of rotatable bonds is 4. The fourth-order valence-electron chi connectivity index (χ4n) is 2.52. The largest absolute Gasteiger partial charge is 0.490 e. The fourth-order valence-corrected chi connectivity index (χ4v) is 2.86. The topological polar surface area (TPSA) is 50.4 Å². The summed E-state index contributed by atoms with van der Waals surface area (Å²) in [5, 5.41) is 6.51. The minimum atomic E-state index is -0.0706. The number of amides is 1. The summed E-state index contributed by atoms with van der Waals surface area (Å²) in [6.45, 7) is 7.04. The van der Waals surface area contributed by atoms with E-state index >= 15 is 0 Å². The summed E-state index contributed by atoms with van der Waals surface area (Å²) in [4.78, 5) is 12.5. The summed E-state index contributed by atoms with van der Waals surface area (Å²) >= 11 is 3.42. The maximum atomic E-state index is 12.5. The molecule has 0 aromatic heterocycles. The summed E-state index contributed by atoms with van der Waals surface area (Å²) in [6.07, 6.45) is 2.13. The molecular formula is C16H23BrN2O2. The average Bonchev–Trinajstić information content (AvgIpc) is 2.40. The first-order chi connectivity index (χ1) is 9.97. The van der Waals surface area contributed by atoms with Crippen LogP contribution in [0.3, 0.4) is 0 Å². The zero-order valence-corrected chi connectivity index (χ0v) is 14.4. The van der Waals surface area contributed by atoms with Crippen molar-refractivity contribution >= 4 is 21.8 Å². The number of nitrogens with one attached hydrogen (secondary N) is 2. The van der Waals surface area contributed by atoms with Gasteiger partial charge < -0.3 is 15.4 Å². The van der Waals surface area contributed by atoms with E-state index in [2.05, 4.69) is 33.5 Å². The zero-order chi connectivity index (χ0) is 15.4. The Morgan fingerprint density at radius 3 is 2.90 bits per heavy atom. The van der Waals surface area contributed by atoms with Crippen LogP contribution in [0.2, 0.25) is 0 Å². The zero-order valence-electron chi connectivity index (χ0n) is 12.8. The number of benzene rings is 1. The van der Waals surface area contributed by atoms with Crippen molar-refractivity contribution in [2.45, 2.75) is 51.8 Å². The number of piperidine rings is 1. The van der Waals surface area contributed by atoms with Crippen LogP contribution in [0.4, 0.5) is 0 Å². The van der Waals surface area contributed by atoms with E-state index in [9.17, 15) is 4.79 Å². The van der Waals surface area contributed by atoms with Crippen LogP contribution in [0, 0.1) is 0 Å². The minimum Gasteiger partial charge on any atom is -0.490 e. The molecule has 1 heterocycles. The van der Waals surface area contributed by atoms with Crippen LogP contribution in [0.25, 0.3) is 0 Å². The standard InChI is InChI=1S/C16H23BrN2O2/c1-10(2)21-15-9-12(17)6-7-13(15)16(20)19-14-5-4-8-18-11(14)3/h6-7,9-11,14,18H,4-5,8H2,1-3H3,(H,19,20). The van der Waals surface area contributed by atoms with E-state index in [1.807, 2.05) is 26.0 Å². The molecule has 1 aromatic rings. The third kappa shape index (κ3) is 4.45. The van der Waals surface area contributed by atoms with Gasteiger partial charge in [-0.1, -0.05) is 15.9 Å². The molecule has 4 nitrogen and oxygen atoms in total. The lowest BCUT2D eigenvalue weighted by atomic mass is 9.99. The molecule has 1 amide bonds. The molecular weight excluding hydrogens is 332 g/mol. The lowest BCUT2D eigenvalue weighted by Gasteiger charge is -2.30. The van der Waals surface area contributed by atoms with Gasteiger partial charge in [0, 0.05) is 16.6 Å². The number of hydrogen-bond acceptors (Lipinski definition) is 3. The Morgan fingerprint density at radius 1 is 1.48 bits per heavy atom. The molecule has 21 heavy (non-hydrogen) atoms. The Hall–Kier alpha value is -1.07. The van der Waals surface area contributed by atoms with E-state index in [1.165, 1.54) is 0 Å². The number of carbonyl (C=O) groups excluding carboxylic acids is 1. The summed E-state index contributed by atoms with van der Waals surface area (Å²) in [7, 11) is 0. The molecule has 1 saturated heterocycles. The van der Waals surface area contributed by atoms with Gasteiger partial charge in [0.15, 0.2) is 0 Å². The fraction of sp³-hybridized carbons (Fsp3) is 0.562. The van der Waals surface area contributed by atoms with E-state index in [0.717, 1.165) is 23.9 Å². The first-order valence-electron chi connectivity index (χ1n) is 7.48. The van der Waals surface area contributed by atoms with Crippen LogP contribution in [0.15, 0.2) is 22.7 Å². The smallest absolute Gasteiger partial charge is 0.255 e. The molecule has 0 aliphatic carbocycles. The van der Waals surface area contributed by atoms with E-state index < -0.39 is 0 Å². The Morgan fingerprint density at radius 2 is 2.24 bits per heavy atom. The van der Waals surface area contributed by atoms with Crippen LogP contribution in [-0.2, 0) is 0 Å². The van der Waals surface area contributed by atoms with Crippen molar-refractivity contribution in [3.8, 4) is 5.75 Å². The highest BCUT2D eigenvalue weighted by Crippen LogP contribution is 2.25. The van der Waals surface area contributed by atoms with Gasteiger partial charge in [0.2, 0.25) is 0 Å². The molecule has 0 spiro atoms. The van der Waals surface area contributed by atoms with Gasteiger partial charge in [0.1, 0.15) is 5.75 Å². The van der Waals surface area contributed by atoms with E-state index in [1.54, 1.807) is 6.07 Å². The molecule has 2 N–H and O–H groups in total. The molecule has 5 heteroatoms. The SMILES string of the molecule is CC(C)Oc1cc(Br)ccc1C(=O)NC1CCCNC1C. The number of halogens is 1. The Kier molecular flexibility index (Phi) is 5.65. The molecule has 2 atom stereocenters. The predicted molar refractivity (Wildman–Crippen MR) is 87.9 cm³/mol. The summed E-state index contributed by atoms with van der Waals surface area (Å²) in [5.41, 5.74) is 0.588. The lowest BCUT2D eigenvalue weighted by Crippen LogP contribution is -2.51. The number of hydrogen-bond donors (Lipinski definition) is 2. The monoisotopic (exact) mass is 354 g/mol. The van der Waals surface area contributed by atoms with Gasteiger partial charge in [-0.15, -0.1) is 0 Å². The molecule has 116 valence electrons. The average molecular weight is 355 g/mol. The first-order valence-corrected chi connectivity index (χ1v) is 8.27. The van der Waals surface area contributed by atoms with Crippen LogP contribution in [0.1, 0.15) is 44.0 Å². The van der Waals surface area contributed by atoms with Gasteiger partial charge in [-0.25, -0.2) is 0 Å². The summed E-state index contributed by atoms with van der Waals surface area (Å²) < 4.78 is 6.66. The summed E-state index contributed by atoms with van der Waals surface area (Å²) in [5.74, 6) is 0.548. The third-order valence-electron chi connectivity index (χ3n) is 3.63. The molecule has 1 aromatic carbocycles. The second-order valence-electron chi connectivity index (χ2n) is 5.77. The highest BCUT2D eigenvalue weighted by molar-refractivity contribution is 9.10. The van der Waals surface area contributed by atoms with Crippen LogP contribution < -0.4 is 15.4 Å². The molecule has 1 aliphatic heterocycles. The first kappa shape index (κ1) is 16.3. The molecule has 1 fully saturated rings.